The smallest absolute Gasteiger partial charge is 0.146 e. The van der Waals surface area contributed by atoms with Crippen molar-refractivity contribution in [3.63, 3.8) is 0 Å². The van der Waals surface area contributed by atoms with E-state index in [2.05, 4.69) is 10.0 Å². The molecule has 0 aliphatic heterocycles. The normalized spacial score (nSPS) is 13.8. The largest absolute Gasteiger partial charge is 0.396 e. The van der Waals surface area contributed by atoms with Gasteiger partial charge in [-0.1, -0.05) is 17.2 Å². The van der Waals surface area contributed by atoms with Crippen LogP contribution in [-0.4, -0.2) is 22.9 Å². The third-order valence-electron chi connectivity index (χ3n) is 2.36. The summed E-state index contributed by atoms with van der Waals surface area (Å²) in [5.41, 5.74) is 13.4. The van der Waals surface area contributed by atoms with Crippen LogP contribution in [0.2, 0.25) is 0 Å². The zero-order valence-corrected chi connectivity index (χ0v) is 8.99. The Labute approximate surface area is 97.1 Å². The topological polar surface area (TPSA) is 115 Å². The number of hydrogen-bond acceptors (Lipinski definition) is 4. The number of aliphatic hydroxyl groups excluding tert-OH is 2. The van der Waals surface area contributed by atoms with Crippen molar-refractivity contribution < 1.29 is 14.6 Å². The van der Waals surface area contributed by atoms with Crippen LogP contribution in [0, 0.1) is 5.82 Å². The molecule has 0 spiro atoms. The first-order valence-electron chi connectivity index (χ1n) is 4.98. The van der Waals surface area contributed by atoms with Crippen molar-refractivity contribution in [2.75, 3.05) is 12.3 Å². The fraction of sp³-hybridized carbons (Fsp3) is 0.400. The summed E-state index contributed by atoms with van der Waals surface area (Å²) in [6, 6.07) is 3.99. The van der Waals surface area contributed by atoms with Gasteiger partial charge in [-0.25, -0.2) is 4.39 Å². The molecule has 0 radical (unpaired) electrons. The van der Waals surface area contributed by atoms with E-state index in [1.807, 2.05) is 0 Å². The molecule has 0 bridgehead atoms. The summed E-state index contributed by atoms with van der Waals surface area (Å²) in [6.45, 7) is 0.0456. The van der Waals surface area contributed by atoms with E-state index in [0.717, 1.165) is 6.07 Å². The van der Waals surface area contributed by atoms with Crippen molar-refractivity contribution in [3.05, 3.63) is 40.0 Å². The van der Waals surface area contributed by atoms with Gasteiger partial charge in [0.25, 0.3) is 0 Å². The van der Waals surface area contributed by atoms with E-state index in [4.69, 9.17) is 11.3 Å². The van der Waals surface area contributed by atoms with Gasteiger partial charge in [0.1, 0.15) is 11.9 Å². The van der Waals surface area contributed by atoms with E-state index < -0.39 is 18.0 Å². The first-order chi connectivity index (χ1) is 8.07. The SMILES string of the molecule is [N-]=[N+]=NCCC(O)C(O)c1cccc(F)c1N. The number of hydrogen-bond donors (Lipinski definition) is 3. The minimum absolute atomic E-state index is 0.0456. The number of azide groups is 1. The van der Waals surface area contributed by atoms with Gasteiger partial charge in [-0.2, -0.15) is 0 Å². The first kappa shape index (κ1) is 13.2. The minimum Gasteiger partial charge on any atom is -0.396 e. The molecule has 0 aromatic heterocycles. The van der Waals surface area contributed by atoms with Gasteiger partial charge in [-0.3, -0.25) is 0 Å². The molecule has 92 valence electrons. The predicted octanol–water partition coefficient (Wildman–Crippen LogP) is 1.50. The average molecular weight is 240 g/mol. The number of para-hydroxylation sites is 1. The molecule has 0 amide bonds. The maximum absolute atomic E-state index is 13.1. The fourth-order valence-electron chi connectivity index (χ4n) is 1.41. The molecular formula is C10H13FN4O2. The van der Waals surface area contributed by atoms with Crippen molar-refractivity contribution in [3.8, 4) is 0 Å². The lowest BCUT2D eigenvalue weighted by molar-refractivity contribution is 0.0153. The number of aliphatic hydroxyl groups is 2. The highest BCUT2D eigenvalue weighted by atomic mass is 19.1. The molecule has 17 heavy (non-hydrogen) atoms. The monoisotopic (exact) mass is 240 g/mol. The number of benzene rings is 1. The van der Waals surface area contributed by atoms with Crippen molar-refractivity contribution >= 4 is 5.69 Å². The highest BCUT2D eigenvalue weighted by Gasteiger charge is 2.21. The highest BCUT2D eigenvalue weighted by molar-refractivity contribution is 5.49. The van der Waals surface area contributed by atoms with Gasteiger partial charge < -0.3 is 15.9 Å². The molecule has 0 saturated heterocycles. The van der Waals surface area contributed by atoms with Gasteiger partial charge in [0.2, 0.25) is 0 Å². The Bertz CT molecular complexity index is 434. The van der Waals surface area contributed by atoms with Crippen molar-refractivity contribution in [2.24, 2.45) is 5.11 Å². The zero-order chi connectivity index (χ0) is 12.8. The van der Waals surface area contributed by atoms with Crippen LogP contribution >= 0.6 is 0 Å². The molecule has 6 nitrogen and oxygen atoms in total. The van der Waals surface area contributed by atoms with E-state index in [1.54, 1.807) is 0 Å². The molecule has 0 heterocycles. The third-order valence-corrected chi connectivity index (χ3v) is 2.36. The van der Waals surface area contributed by atoms with Crippen LogP contribution in [-0.2, 0) is 0 Å². The fourth-order valence-corrected chi connectivity index (χ4v) is 1.41. The van der Waals surface area contributed by atoms with Gasteiger partial charge in [-0.05, 0) is 18.0 Å². The van der Waals surface area contributed by atoms with Crippen LogP contribution in [0.5, 0.6) is 0 Å². The number of anilines is 1. The molecule has 0 aliphatic rings. The Kier molecular flexibility index (Phi) is 4.71. The van der Waals surface area contributed by atoms with Gasteiger partial charge in [0, 0.05) is 17.0 Å². The van der Waals surface area contributed by atoms with Crippen molar-refractivity contribution in [2.45, 2.75) is 18.6 Å². The van der Waals surface area contributed by atoms with Crippen LogP contribution < -0.4 is 5.73 Å². The lowest BCUT2D eigenvalue weighted by atomic mass is 10.0. The number of nitrogens with zero attached hydrogens (tertiary/aromatic N) is 3. The second-order valence-electron chi connectivity index (χ2n) is 3.50. The maximum Gasteiger partial charge on any atom is 0.146 e. The first-order valence-corrected chi connectivity index (χ1v) is 4.98. The molecule has 4 N–H and O–H groups in total. The minimum atomic E-state index is -1.31. The third kappa shape index (κ3) is 3.32. The van der Waals surface area contributed by atoms with E-state index in [9.17, 15) is 14.6 Å². The summed E-state index contributed by atoms with van der Waals surface area (Å²) in [5, 5.41) is 22.6. The Morgan fingerprint density at radius 1 is 1.47 bits per heavy atom. The van der Waals surface area contributed by atoms with Crippen LogP contribution in [0.3, 0.4) is 0 Å². The summed E-state index contributed by atoms with van der Waals surface area (Å²) >= 11 is 0. The summed E-state index contributed by atoms with van der Waals surface area (Å²) in [7, 11) is 0. The summed E-state index contributed by atoms with van der Waals surface area (Å²) in [6.07, 6.45) is -2.40. The standard InChI is InChI=1S/C10H13FN4O2/c11-7-3-1-2-6(9(7)12)10(17)8(16)4-5-14-15-13/h1-3,8,10,16-17H,4-5,12H2. The van der Waals surface area contributed by atoms with Crippen molar-refractivity contribution in [1.82, 2.24) is 0 Å². The molecule has 0 fully saturated rings. The number of halogens is 1. The Hall–Kier alpha value is -1.82. The summed E-state index contributed by atoms with van der Waals surface area (Å²) < 4.78 is 13.1. The maximum atomic E-state index is 13.1. The van der Waals surface area contributed by atoms with Gasteiger partial charge >= 0.3 is 0 Å². The van der Waals surface area contributed by atoms with E-state index in [-0.39, 0.29) is 24.2 Å². The molecule has 7 heteroatoms. The average Bonchev–Trinajstić information content (AvgIpc) is 2.32. The predicted molar refractivity (Wildman–Crippen MR) is 60.4 cm³/mol. The lowest BCUT2D eigenvalue weighted by Gasteiger charge is -2.19. The van der Waals surface area contributed by atoms with Gasteiger partial charge in [0.15, 0.2) is 0 Å². The highest BCUT2D eigenvalue weighted by Crippen LogP contribution is 2.26. The second-order valence-corrected chi connectivity index (χ2v) is 3.50. The summed E-state index contributed by atoms with van der Waals surface area (Å²) in [4.78, 5) is 2.52. The van der Waals surface area contributed by atoms with Crippen LogP contribution in [0.4, 0.5) is 10.1 Å². The number of rotatable bonds is 5. The van der Waals surface area contributed by atoms with Gasteiger partial charge in [-0.15, -0.1) is 0 Å². The van der Waals surface area contributed by atoms with Gasteiger partial charge in [0.05, 0.1) is 11.8 Å². The molecule has 0 aliphatic carbocycles. The lowest BCUT2D eigenvalue weighted by Crippen LogP contribution is -2.20. The Balaban J connectivity index is 2.77. The van der Waals surface area contributed by atoms with Crippen LogP contribution in [0.25, 0.3) is 10.4 Å². The van der Waals surface area contributed by atoms with Crippen LogP contribution in [0.1, 0.15) is 18.1 Å². The molecular weight excluding hydrogens is 227 g/mol. The second kappa shape index (κ2) is 6.05. The molecule has 1 rings (SSSR count). The number of nitrogen functional groups attached to an aromatic ring is 1. The summed E-state index contributed by atoms with van der Waals surface area (Å²) in [5.74, 6) is -0.649. The zero-order valence-electron chi connectivity index (χ0n) is 8.99. The molecule has 2 unspecified atom stereocenters. The molecule has 1 aromatic rings. The van der Waals surface area contributed by atoms with E-state index in [1.165, 1.54) is 12.1 Å². The Morgan fingerprint density at radius 2 is 2.18 bits per heavy atom. The number of nitrogens with two attached hydrogens (primary N) is 1. The quantitative estimate of drug-likeness (QED) is 0.313. The molecule has 1 aromatic carbocycles. The van der Waals surface area contributed by atoms with Crippen molar-refractivity contribution in [1.29, 1.82) is 0 Å². The molecule has 2 atom stereocenters. The Morgan fingerprint density at radius 3 is 2.82 bits per heavy atom. The molecule has 0 saturated carbocycles. The van der Waals surface area contributed by atoms with E-state index in [0.29, 0.717) is 0 Å². The van der Waals surface area contributed by atoms with Crippen LogP contribution in [0.15, 0.2) is 23.3 Å². The van der Waals surface area contributed by atoms with E-state index >= 15 is 0 Å².